The third-order valence-corrected chi connectivity index (χ3v) is 3.16. The van der Waals surface area contributed by atoms with E-state index in [2.05, 4.69) is 0 Å². The van der Waals surface area contributed by atoms with Gasteiger partial charge < -0.3 is 9.84 Å². The lowest BCUT2D eigenvalue weighted by molar-refractivity contribution is -0.133. The summed E-state index contributed by atoms with van der Waals surface area (Å²) in [6, 6.07) is 0. The average molecular weight is 292 g/mol. The second-order valence-electron chi connectivity index (χ2n) is 4.41. The Morgan fingerprint density at radius 3 is 2.24 bits per heavy atom. The van der Waals surface area contributed by atoms with Gasteiger partial charge in [-0.05, 0) is 12.2 Å². The molecule has 1 aromatic rings. The molecular weight excluding hydrogens is 280 g/mol. The minimum atomic E-state index is -0.875. The number of aromatic nitrogens is 2. The molecule has 0 saturated heterocycles. The zero-order valence-electron chi connectivity index (χ0n) is 11.5. The van der Waals surface area contributed by atoms with Crippen LogP contribution in [0.15, 0.2) is 27.5 Å². The second-order valence-corrected chi connectivity index (χ2v) is 4.41. The van der Waals surface area contributed by atoms with Crippen LogP contribution in [0.5, 0.6) is 5.88 Å². The molecule has 2 rings (SSSR count). The molecule has 8 nitrogen and oxygen atoms in total. The van der Waals surface area contributed by atoms with E-state index >= 15 is 0 Å². The Hall–Kier alpha value is -2.90. The third-order valence-electron chi connectivity index (χ3n) is 3.16. The second kappa shape index (κ2) is 4.89. The van der Waals surface area contributed by atoms with E-state index < -0.39 is 28.7 Å². The van der Waals surface area contributed by atoms with Crippen LogP contribution in [0.3, 0.4) is 0 Å². The van der Waals surface area contributed by atoms with Crippen LogP contribution in [0.2, 0.25) is 0 Å². The summed E-state index contributed by atoms with van der Waals surface area (Å²) in [4.78, 5) is 46.9. The van der Waals surface area contributed by atoms with Gasteiger partial charge in [0.25, 0.3) is 11.3 Å². The first-order valence-corrected chi connectivity index (χ1v) is 5.85. The Morgan fingerprint density at radius 1 is 1.05 bits per heavy atom. The number of carbonyl (C=O) groups excluding carboxylic acids is 2. The normalized spacial score (nSPS) is 14.8. The minimum Gasteiger partial charge on any atom is -0.494 e. The fraction of sp³-hybridized carbons (Fsp3) is 0.231. The fourth-order valence-corrected chi connectivity index (χ4v) is 1.96. The number of rotatable bonds is 2. The Kier molecular flexibility index (Phi) is 3.38. The largest absolute Gasteiger partial charge is 0.494 e. The Labute approximate surface area is 118 Å². The number of aromatic hydroxyl groups is 1. The standard InChI is InChI=1S/C13H12N2O6/c1-14-11(18)9(12(19)15(2)13(14)20)6-4-7(16)10(17)8(5-6)21-3/h4-5,18H,1-3H3. The lowest BCUT2D eigenvalue weighted by Crippen LogP contribution is -2.38. The van der Waals surface area contributed by atoms with Crippen molar-refractivity contribution in [3.8, 4) is 5.88 Å². The molecule has 0 aromatic carbocycles. The number of hydrogen-bond donors (Lipinski definition) is 1. The van der Waals surface area contributed by atoms with Crippen LogP contribution >= 0.6 is 0 Å². The van der Waals surface area contributed by atoms with E-state index in [9.17, 15) is 24.3 Å². The van der Waals surface area contributed by atoms with Crippen molar-refractivity contribution in [3.63, 3.8) is 0 Å². The first kappa shape index (κ1) is 14.5. The van der Waals surface area contributed by atoms with Crippen molar-refractivity contribution >= 4 is 17.1 Å². The van der Waals surface area contributed by atoms with Crippen LogP contribution in [0.1, 0.15) is 5.56 Å². The number of ether oxygens (including phenoxy) is 1. The lowest BCUT2D eigenvalue weighted by Gasteiger charge is -2.14. The Morgan fingerprint density at radius 2 is 1.67 bits per heavy atom. The highest BCUT2D eigenvalue weighted by Gasteiger charge is 2.27. The first-order valence-electron chi connectivity index (χ1n) is 5.85. The molecule has 1 heterocycles. The molecule has 0 amide bonds. The number of Topliss-reactive ketones (excluding diaryl/α,β-unsaturated/α-hetero) is 1. The van der Waals surface area contributed by atoms with E-state index in [4.69, 9.17) is 4.74 Å². The van der Waals surface area contributed by atoms with Gasteiger partial charge in [-0.15, -0.1) is 0 Å². The van der Waals surface area contributed by atoms with Gasteiger partial charge in [0, 0.05) is 19.7 Å². The van der Waals surface area contributed by atoms with Crippen molar-refractivity contribution < 1.29 is 19.4 Å². The molecule has 1 aromatic heterocycles. The third kappa shape index (κ3) is 2.10. The van der Waals surface area contributed by atoms with Crippen LogP contribution in [-0.2, 0) is 28.4 Å². The average Bonchev–Trinajstić information content (AvgIpc) is 2.46. The molecule has 0 unspecified atom stereocenters. The Balaban J connectivity index is 2.81. The van der Waals surface area contributed by atoms with Gasteiger partial charge in [-0.3, -0.25) is 23.5 Å². The van der Waals surface area contributed by atoms with Gasteiger partial charge in [0.05, 0.1) is 7.11 Å². The summed E-state index contributed by atoms with van der Waals surface area (Å²) in [5.74, 6) is -2.56. The number of ketones is 2. The van der Waals surface area contributed by atoms with Gasteiger partial charge in [-0.1, -0.05) is 0 Å². The summed E-state index contributed by atoms with van der Waals surface area (Å²) in [7, 11) is 3.72. The number of methoxy groups -OCH3 is 1. The van der Waals surface area contributed by atoms with Crippen molar-refractivity contribution in [1.82, 2.24) is 9.13 Å². The summed E-state index contributed by atoms with van der Waals surface area (Å²) in [5.41, 5.74) is -1.74. The Bertz CT molecular complexity index is 837. The van der Waals surface area contributed by atoms with E-state index in [0.717, 1.165) is 15.2 Å². The summed E-state index contributed by atoms with van der Waals surface area (Å²) in [5, 5.41) is 9.99. The van der Waals surface area contributed by atoms with Crippen molar-refractivity contribution in [2.24, 2.45) is 14.1 Å². The van der Waals surface area contributed by atoms with Gasteiger partial charge in [-0.2, -0.15) is 0 Å². The SMILES string of the molecule is COC1=CC(c2c(O)n(C)c(=O)n(C)c2=O)=CC(=O)C1=O. The fourth-order valence-electron chi connectivity index (χ4n) is 1.96. The van der Waals surface area contributed by atoms with Gasteiger partial charge in [-0.25, -0.2) is 4.79 Å². The highest BCUT2D eigenvalue weighted by molar-refractivity contribution is 6.49. The molecule has 0 saturated carbocycles. The van der Waals surface area contributed by atoms with E-state index in [0.29, 0.717) is 0 Å². The van der Waals surface area contributed by atoms with Gasteiger partial charge in [0.1, 0.15) is 5.56 Å². The molecule has 8 heteroatoms. The molecule has 0 spiro atoms. The zero-order chi connectivity index (χ0) is 15.9. The maximum absolute atomic E-state index is 12.1. The summed E-state index contributed by atoms with van der Waals surface area (Å²) in [6.45, 7) is 0. The molecule has 0 atom stereocenters. The molecule has 21 heavy (non-hydrogen) atoms. The van der Waals surface area contributed by atoms with Crippen LogP contribution in [-0.4, -0.2) is 32.9 Å². The monoisotopic (exact) mass is 292 g/mol. The molecule has 1 N–H and O–H groups in total. The van der Waals surface area contributed by atoms with E-state index in [-0.39, 0.29) is 16.9 Å². The molecule has 0 radical (unpaired) electrons. The van der Waals surface area contributed by atoms with Gasteiger partial charge in [0.2, 0.25) is 11.7 Å². The quantitative estimate of drug-likeness (QED) is 0.545. The maximum atomic E-state index is 12.1. The molecule has 0 bridgehead atoms. The lowest BCUT2D eigenvalue weighted by atomic mass is 9.98. The molecule has 110 valence electrons. The van der Waals surface area contributed by atoms with Crippen molar-refractivity contribution in [2.45, 2.75) is 0 Å². The van der Waals surface area contributed by atoms with Crippen LogP contribution in [0, 0.1) is 0 Å². The van der Waals surface area contributed by atoms with Crippen LogP contribution < -0.4 is 11.2 Å². The predicted molar refractivity (Wildman–Crippen MR) is 71.7 cm³/mol. The topological polar surface area (TPSA) is 108 Å². The van der Waals surface area contributed by atoms with E-state index in [1.807, 2.05) is 0 Å². The van der Waals surface area contributed by atoms with Crippen molar-refractivity contribution in [3.05, 3.63) is 44.3 Å². The summed E-state index contributed by atoms with van der Waals surface area (Å²) in [6.07, 6.45) is 2.09. The smallest absolute Gasteiger partial charge is 0.333 e. The predicted octanol–water partition coefficient (Wildman–Crippen LogP) is -1.14. The van der Waals surface area contributed by atoms with Crippen LogP contribution in [0.25, 0.3) is 5.57 Å². The highest BCUT2D eigenvalue weighted by Crippen LogP contribution is 2.25. The molecule has 1 aliphatic carbocycles. The van der Waals surface area contributed by atoms with Gasteiger partial charge in [0.15, 0.2) is 5.76 Å². The number of allylic oxidation sites excluding steroid dienone is 4. The summed E-state index contributed by atoms with van der Waals surface area (Å²) < 4.78 is 6.43. The van der Waals surface area contributed by atoms with Gasteiger partial charge >= 0.3 is 5.69 Å². The molecule has 0 aliphatic heterocycles. The highest BCUT2D eigenvalue weighted by atomic mass is 16.5. The van der Waals surface area contributed by atoms with Crippen molar-refractivity contribution in [2.75, 3.05) is 7.11 Å². The minimum absolute atomic E-state index is 0.00477. The van der Waals surface area contributed by atoms with Crippen LogP contribution in [0.4, 0.5) is 0 Å². The zero-order valence-corrected chi connectivity index (χ0v) is 11.5. The number of nitrogens with zero attached hydrogens (tertiary/aromatic N) is 2. The van der Waals surface area contributed by atoms with E-state index in [1.165, 1.54) is 27.3 Å². The maximum Gasteiger partial charge on any atom is 0.333 e. The number of carbonyl (C=O) groups is 2. The van der Waals surface area contributed by atoms with Crippen molar-refractivity contribution in [1.29, 1.82) is 0 Å². The van der Waals surface area contributed by atoms with E-state index in [1.54, 1.807) is 0 Å². The molecular formula is C13H12N2O6. The molecule has 0 fully saturated rings. The number of hydrogen-bond acceptors (Lipinski definition) is 6. The molecule has 1 aliphatic rings. The summed E-state index contributed by atoms with van der Waals surface area (Å²) >= 11 is 0. The first-order chi connectivity index (χ1) is 9.79.